The van der Waals surface area contributed by atoms with Crippen molar-refractivity contribution in [3.05, 3.63) is 59.4 Å². The summed E-state index contributed by atoms with van der Waals surface area (Å²) in [4.78, 5) is 26.9. The molecule has 2 aromatic rings. The highest BCUT2D eigenvalue weighted by Gasteiger charge is 2.21. The monoisotopic (exact) mass is 439 g/mol. The summed E-state index contributed by atoms with van der Waals surface area (Å²) in [7, 11) is 0. The van der Waals surface area contributed by atoms with Crippen LogP contribution in [0.15, 0.2) is 42.5 Å². The second-order valence-corrected chi connectivity index (χ2v) is 7.38. The number of hydrogen-bond donors (Lipinski definition) is 1. The summed E-state index contributed by atoms with van der Waals surface area (Å²) in [6.45, 7) is 3.48. The molecule has 8 heteroatoms. The van der Waals surface area contributed by atoms with Gasteiger partial charge in [-0.25, -0.2) is 4.39 Å². The quantitative estimate of drug-likeness (QED) is 0.679. The number of nitriles is 1. The molecule has 1 heterocycles. The van der Waals surface area contributed by atoms with Crippen LogP contribution in [0.1, 0.15) is 48.1 Å². The van der Waals surface area contributed by atoms with Crippen molar-refractivity contribution in [2.24, 2.45) is 0 Å². The molecular weight excluding hydrogens is 413 g/mol. The summed E-state index contributed by atoms with van der Waals surface area (Å²) < 4.78 is 25.3. The SMILES string of the molecule is CCOc1cc(C(=O)NC(C#N)c2ccccc2F)ccc1OCC(=O)N1CCCCC1. The minimum atomic E-state index is -1.14. The number of amides is 2. The van der Waals surface area contributed by atoms with Gasteiger partial charge in [0.2, 0.25) is 0 Å². The van der Waals surface area contributed by atoms with Crippen LogP contribution in [0.3, 0.4) is 0 Å². The molecule has 1 saturated heterocycles. The first-order valence-corrected chi connectivity index (χ1v) is 10.7. The van der Waals surface area contributed by atoms with Gasteiger partial charge in [0.15, 0.2) is 18.1 Å². The van der Waals surface area contributed by atoms with Crippen LogP contribution in [0, 0.1) is 17.1 Å². The number of halogens is 1. The minimum absolute atomic E-state index is 0.0873. The number of carbonyl (C=O) groups is 2. The Kier molecular flexibility index (Phi) is 8.03. The second kappa shape index (κ2) is 11.1. The van der Waals surface area contributed by atoms with Crippen LogP contribution >= 0.6 is 0 Å². The standard InChI is InChI=1S/C24H26FN3O4/c1-2-31-22-14-17(24(30)27-20(15-26)18-8-4-5-9-19(18)25)10-11-21(22)32-16-23(29)28-12-6-3-7-13-28/h4-5,8-11,14,20H,2-3,6-7,12-13,16H2,1H3,(H,27,30). The molecule has 1 atom stereocenters. The fraction of sp³-hybridized carbons (Fsp3) is 0.375. The van der Waals surface area contributed by atoms with E-state index in [0.29, 0.717) is 18.1 Å². The number of benzene rings is 2. The Morgan fingerprint density at radius 1 is 1.12 bits per heavy atom. The summed E-state index contributed by atoms with van der Waals surface area (Å²) in [5.41, 5.74) is 0.310. The number of piperidine rings is 1. The number of nitrogens with one attached hydrogen (secondary N) is 1. The van der Waals surface area contributed by atoms with E-state index in [4.69, 9.17) is 9.47 Å². The molecule has 3 rings (SSSR count). The maximum absolute atomic E-state index is 14.0. The molecule has 32 heavy (non-hydrogen) atoms. The molecule has 0 aliphatic carbocycles. The van der Waals surface area contributed by atoms with Crippen LogP contribution in [0.2, 0.25) is 0 Å². The topological polar surface area (TPSA) is 91.7 Å². The van der Waals surface area contributed by atoms with Gasteiger partial charge in [0.05, 0.1) is 12.7 Å². The summed E-state index contributed by atoms with van der Waals surface area (Å²) >= 11 is 0. The number of nitrogens with zero attached hydrogens (tertiary/aromatic N) is 2. The molecule has 168 valence electrons. The van der Waals surface area contributed by atoms with Gasteiger partial charge in [-0.1, -0.05) is 18.2 Å². The molecule has 1 unspecified atom stereocenters. The lowest BCUT2D eigenvalue weighted by Gasteiger charge is -2.26. The Bertz CT molecular complexity index is 999. The maximum atomic E-state index is 14.0. The largest absolute Gasteiger partial charge is 0.490 e. The third kappa shape index (κ3) is 5.76. The van der Waals surface area contributed by atoms with E-state index >= 15 is 0 Å². The molecule has 1 aliphatic heterocycles. The van der Waals surface area contributed by atoms with Gasteiger partial charge in [-0.2, -0.15) is 5.26 Å². The maximum Gasteiger partial charge on any atom is 0.260 e. The average molecular weight is 439 g/mol. The molecule has 1 N–H and O–H groups in total. The van der Waals surface area contributed by atoms with Gasteiger partial charge in [-0.3, -0.25) is 9.59 Å². The van der Waals surface area contributed by atoms with Crippen LogP contribution in [0.4, 0.5) is 4.39 Å². The van der Waals surface area contributed by atoms with E-state index in [1.807, 2.05) is 6.07 Å². The van der Waals surface area contributed by atoms with E-state index in [1.54, 1.807) is 24.0 Å². The Labute approximate surface area is 186 Å². The van der Waals surface area contributed by atoms with Crippen molar-refractivity contribution in [3.63, 3.8) is 0 Å². The first-order valence-electron chi connectivity index (χ1n) is 10.7. The lowest BCUT2D eigenvalue weighted by atomic mass is 10.1. The number of hydrogen-bond acceptors (Lipinski definition) is 5. The molecule has 2 amide bonds. The number of rotatable bonds is 8. The molecule has 2 aromatic carbocycles. The number of carbonyl (C=O) groups excluding carboxylic acids is 2. The zero-order valence-corrected chi connectivity index (χ0v) is 18.0. The second-order valence-electron chi connectivity index (χ2n) is 7.38. The third-order valence-electron chi connectivity index (χ3n) is 5.19. The van der Waals surface area contributed by atoms with Crippen LogP contribution in [-0.2, 0) is 4.79 Å². The lowest BCUT2D eigenvalue weighted by molar-refractivity contribution is -0.134. The van der Waals surface area contributed by atoms with E-state index in [2.05, 4.69) is 5.32 Å². The van der Waals surface area contributed by atoms with E-state index in [9.17, 15) is 19.2 Å². The first kappa shape index (κ1) is 23.1. The van der Waals surface area contributed by atoms with Gasteiger partial charge in [0.1, 0.15) is 11.9 Å². The van der Waals surface area contributed by atoms with Crippen molar-refractivity contribution in [1.29, 1.82) is 5.26 Å². The van der Waals surface area contributed by atoms with Gasteiger partial charge >= 0.3 is 0 Å². The molecule has 1 fully saturated rings. The molecule has 1 aliphatic rings. The summed E-state index contributed by atoms with van der Waals surface area (Å²) in [5, 5.41) is 11.9. The zero-order valence-electron chi connectivity index (χ0n) is 18.0. The average Bonchev–Trinajstić information content (AvgIpc) is 2.82. The van der Waals surface area contributed by atoms with Gasteiger partial charge in [-0.15, -0.1) is 0 Å². The van der Waals surface area contributed by atoms with Gasteiger partial charge < -0.3 is 19.7 Å². The van der Waals surface area contributed by atoms with Crippen molar-refractivity contribution < 1.29 is 23.5 Å². The van der Waals surface area contributed by atoms with Crippen LogP contribution < -0.4 is 14.8 Å². The van der Waals surface area contributed by atoms with Gasteiger partial charge in [0.25, 0.3) is 11.8 Å². The smallest absolute Gasteiger partial charge is 0.260 e. The Morgan fingerprint density at radius 3 is 2.56 bits per heavy atom. The van der Waals surface area contributed by atoms with Crippen LogP contribution in [-0.4, -0.2) is 43.0 Å². The van der Waals surface area contributed by atoms with Crippen molar-refractivity contribution in [1.82, 2.24) is 10.2 Å². The van der Waals surface area contributed by atoms with Gasteiger partial charge in [-0.05, 0) is 50.5 Å². The highest BCUT2D eigenvalue weighted by atomic mass is 19.1. The predicted molar refractivity (Wildman–Crippen MR) is 116 cm³/mol. The van der Waals surface area contributed by atoms with E-state index in [-0.39, 0.29) is 23.6 Å². The highest BCUT2D eigenvalue weighted by Crippen LogP contribution is 2.29. The van der Waals surface area contributed by atoms with Crippen molar-refractivity contribution >= 4 is 11.8 Å². The Balaban J connectivity index is 1.70. The van der Waals surface area contributed by atoms with Crippen molar-refractivity contribution in [2.45, 2.75) is 32.2 Å². The fourth-order valence-electron chi connectivity index (χ4n) is 3.51. The lowest BCUT2D eigenvalue weighted by Crippen LogP contribution is -2.38. The van der Waals surface area contributed by atoms with E-state index in [1.165, 1.54) is 30.3 Å². The van der Waals surface area contributed by atoms with Crippen molar-refractivity contribution in [3.8, 4) is 17.6 Å². The summed E-state index contributed by atoms with van der Waals surface area (Å²) in [5.74, 6) is -0.561. The highest BCUT2D eigenvalue weighted by molar-refractivity contribution is 5.95. The first-order chi connectivity index (χ1) is 15.5. The minimum Gasteiger partial charge on any atom is -0.490 e. The Morgan fingerprint density at radius 2 is 1.88 bits per heavy atom. The van der Waals surface area contributed by atoms with Crippen molar-refractivity contribution in [2.75, 3.05) is 26.3 Å². The third-order valence-corrected chi connectivity index (χ3v) is 5.19. The molecular formula is C24H26FN3O4. The molecule has 0 radical (unpaired) electrons. The predicted octanol–water partition coefficient (Wildman–Crippen LogP) is 3.61. The molecule has 0 bridgehead atoms. The zero-order chi connectivity index (χ0) is 22.9. The normalized spacial score (nSPS) is 14.2. The summed E-state index contributed by atoms with van der Waals surface area (Å²) in [6.07, 6.45) is 3.12. The number of likely N-dealkylation sites (tertiary alicyclic amines) is 1. The molecule has 7 nitrogen and oxygen atoms in total. The number of ether oxygens (including phenoxy) is 2. The fourth-order valence-corrected chi connectivity index (χ4v) is 3.51. The van der Waals surface area contributed by atoms with Crippen LogP contribution in [0.25, 0.3) is 0 Å². The molecule has 0 aromatic heterocycles. The summed E-state index contributed by atoms with van der Waals surface area (Å²) in [6, 6.07) is 11.1. The van der Waals surface area contributed by atoms with E-state index < -0.39 is 17.8 Å². The Hall–Kier alpha value is -3.60. The van der Waals surface area contributed by atoms with E-state index in [0.717, 1.165) is 32.4 Å². The van der Waals surface area contributed by atoms with Gasteiger partial charge in [0, 0.05) is 24.2 Å². The molecule has 0 saturated carbocycles. The molecule has 0 spiro atoms. The van der Waals surface area contributed by atoms with Crippen LogP contribution in [0.5, 0.6) is 11.5 Å².